The number of hydrogen-bond donors (Lipinski definition) is 1. The maximum absolute atomic E-state index is 13.4. The van der Waals surface area contributed by atoms with E-state index < -0.39 is 11.7 Å². The van der Waals surface area contributed by atoms with Crippen molar-refractivity contribution >= 4 is 34.8 Å². The Labute approximate surface area is 142 Å². The first-order valence-corrected chi connectivity index (χ1v) is 8.11. The van der Waals surface area contributed by atoms with Crippen molar-refractivity contribution in [1.29, 1.82) is 0 Å². The standard InChI is InChI=1S/C15H15ClFN3O2S/c1-3-4-20(9(2)21)19-14(22)13-8-18-15(23-13)10-5-11(16)7-12(17)6-10/h5-8H,3-4H2,1-2H3,(H,19,22). The Hall–Kier alpha value is -1.99. The van der Waals surface area contributed by atoms with Gasteiger partial charge >= 0.3 is 0 Å². The number of nitrogens with one attached hydrogen (secondary N) is 1. The summed E-state index contributed by atoms with van der Waals surface area (Å²) in [6, 6.07) is 4.07. The van der Waals surface area contributed by atoms with Gasteiger partial charge in [0, 0.05) is 24.1 Å². The molecule has 23 heavy (non-hydrogen) atoms. The Kier molecular flexibility index (Phi) is 5.68. The van der Waals surface area contributed by atoms with Crippen molar-refractivity contribution in [3.8, 4) is 10.6 Å². The van der Waals surface area contributed by atoms with E-state index in [0.29, 0.717) is 22.0 Å². The summed E-state index contributed by atoms with van der Waals surface area (Å²) in [6.45, 7) is 3.70. The maximum Gasteiger partial charge on any atom is 0.281 e. The first-order chi connectivity index (χ1) is 10.9. The fourth-order valence-electron chi connectivity index (χ4n) is 1.88. The predicted molar refractivity (Wildman–Crippen MR) is 87.7 cm³/mol. The van der Waals surface area contributed by atoms with E-state index in [9.17, 15) is 14.0 Å². The third-order valence-corrected chi connectivity index (χ3v) is 4.17. The van der Waals surface area contributed by atoms with Crippen molar-refractivity contribution in [1.82, 2.24) is 15.4 Å². The molecule has 1 aromatic heterocycles. The third kappa shape index (κ3) is 4.49. The van der Waals surface area contributed by atoms with Gasteiger partial charge in [-0.05, 0) is 24.6 Å². The van der Waals surface area contributed by atoms with Crippen molar-refractivity contribution in [3.63, 3.8) is 0 Å². The van der Waals surface area contributed by atoms with Crippen LogP contribution in [-0.4, -0.2) is 28.4 Å². The van der Waals surface area contributed by atoms with Crippen LogP contribution in [0.2, 0.25) is 5.02 Å². The number of benzene rings is 1. The van der Waals surface area contributed by atoms with E-state index in [4.69, 9.17) is 11.6 Å². The minimum Gasteiger partial charge on any atom is -0.273 e. The second-order valence-corrected chi connectivity index (χ2v) is 6.27. The number of hydrogen-bond acceptors (Lipinski definition) is 4. The van der Waals surface area contributed by atoms with Crippen LogP contribution < -0.4 is 5.43 Å². The first kappa shape index (κ1) is 17.4. The highest BCUT2D eigenvalue weighted by atomic mass is 35.5. The van der Waals surface area contributed by atoms with E-state index in [0.717, 1.165) is 17.8 Å². The summed E-state index contributed by atoms with van der Waals surface area (Å²) < 4.78 is 13.4. The molecule has 1 N–H and O–H groups in total. The average Bonchev–Trinajstić information content (AvgIpc) is 2.95. The van der Waals surface area contributed by atoms with E-state index in [1.54, 1.807) is 6.07 Å². The molecule has 5 nitrogen and oxygen atoms in total. The van der Waals surface area contributed by atoms with Crippen LogP contribution in [0.25, 0.3) is 10.6 Å². The van der Waals surface area contributed by atoms with Crippen LogP contribution in [0.15, 0.2) is 24.4 Å². The molecular formula is C15H15ClFN3O2S. The molecule has 0 saturated heterocycles. The number of rotatable bonds is 4. The number of amides is 2. The van der Waals surface area contributed by atoms with Gasteiger partial charge in [-0.25, -0.2) is 9.37 Å². The molecule has 2 amide bonds. The van der Waals surface area contributed by atoms with Gasteiger partial charge in [-0.2, -0.15) is 0 Å². The molecule has 2 aromatic rings. The van der Waals surface area contributed by atoms with Gasteiger partial charge in [-0.1, -0.05) is 18.5 Å². The summed E-state index contributed by atoms with van der Waals surface area (Å²) in [6.07, 6.45) is 2.11. The summed E-state index contributed by atoms with van der Waals surface area (Å²) in [5, 5.41) is 1.98. The molecule has 0 saturated carbocycles. The topological polar surface area (TPSA) is 62.3 Å². The zero-order chi connectivity index (χ0) is 17.0. The van der Waals surface area contributed by atoms with E-state index in [2.05, 4.69) is 10.4 Å². The Morgan fingerprint density at radius 3 is 2.74 bits per heavy atom. The highest BCUT2D eigenvalue weighted by Crippen LogP contribution is 2.28. The van der Waals surface area contributed by atoms with E-state index >= 15 is 0 Å². The number of halogens is 2. The Morgan fingerprint density at radius 1 is 1.39 bits per heavy atom. The van der Waals surface area contributed by atoms with Crippen LogP contribution in [0.1, 0.15) is 29.9 Å². The lowest BCUT2D eigenvalue weighted by atomic mass is 10.2. The number of thiazole rings is 1. The number of aromatic nitrogens is 1. The SMILES string of the molecule is CCCN(NC(=O)c1cnc(-c2cc(F)cc(Cl)c2)s1)C(C)=O. The molecule has 0 radical (unpaired) electrons. The smallest absolute Gasteiger partial charge is 0.273 e. The van der Waals surface area contributed by atoms with Gasteiger partial charge in [0.05, 0.1) is 6.20 Å². The number of nitrogens with zero attached hydrogens (tertiary/aromatic N) is 2. The highest BCUT2D eigenvalue weighted by molar-refractivity contribution is 7.16. The van der Waals surface area contributed by atoms with Gasteiger partial charge in [0.2, 0.25) is 5.91 Å². The number of carbonyl (C=O) groups is 2. The molecule has 1 heterocycles. The fourth-order valence-corrected chi connectivity index (χ4v) is 2.90. The first-order valence-electron chi connectivity index (χ1n) is 6.92. The van der Waals surface area contributed by atoms with Crippen LogP contribution in [0.5, 0.6) is 0 Å². The van der Waals surface area contributed by atoms with Crippen LogP contribution in [0.3, 0.4) is 0 Å². The molecule has 0 bridgehead atoms. The minimum atomic E-state index is -0.473. The molecule has 8 heteroatoms. The minimum absolute atomic E-state index is 0.248. The molecule has 1 aromatic carbocycles. The lowest BCUT2D eigenvalue weighted by molar-refractivity contribution is -0.131. The molecular weight excluding hydrogens is 341 g/mol. The van der Waals surface area contributed by atoms with Gasteiger partial charge in [0.15, 0.2) is 0 Å². The van der Waals surface area contributed by atoms with Gasteiger partial charge < -0.3 is 0 Å². The lowest BCUT2D eigenvalue weighted by Gasteiger charge is -2.20. The van der Waals surface area contributed by atoms with Crippen molar-refractivity contribution < 1.29 is 14.0 Å². The van der Waals surface area contributed by atoms with E-state index in [1.807, 2.05) is 6.92 Å². The maximum atomic E-state index is 13.4. The molecule has 122 valence electrons. The summed E-state index contributed by atoms with van der Waals surface area (Å²) in [4.78, 5) is 28.1. The highest BCUT2D eigenvalue weighted by Gasteiger charge is 2.16. The van der Waals surface area contributed by atoms with Gasteiger partial charge in [-0.3, -0.25) is 20.0 Å². The molecule has 0 unspecified atom stereocenters. The monoisotopic (exact) mass is 355 g/mol. The summed E-state index contributed by atoms with van der Waals surface area (Å²) >= 11 is 6.92. The van der Waals surface area contributed by atoms with Gasteiger partial charge in [-0.15, -0.1) is 11.3 Å². The Morgan fingerprint density at radius 2 is 2.13 bits per heavy atom. The zero-order valence-corrected chi connectivity index (χ0v) is 14.2. The molecule has 0 fully saturated rings. The number of carbonyl (C=O) groups excluding carboxylic acids is 2. The Bertz CT molecular complexity index is 715. The normalized spacial score (nSPS) is 10.4. The largest absolute Gasteiger partial charge is 0.281 e. The van der Waals surface area contributed by atoms with Crippen LogP contribution >= 0.6 is 22.9 Å². The zero-order valence-electron chi connectivity index (χ0n) is 12.6. The molecule has 0 atom stereocenters. The second kappa shape index (κ2) is 7.52. The summed E-state index contributed by atoms with van der Waals surface area (Å²) in [5.41, 5.74) is 3.03. The molecule has 0 aliphatic carbocycles. The van der Waals surface area contributed by atoms with E-state index in [1.165, 1.54) is 30.3 Å². The summed E-state index contributed by atoms with van der Waals surface area (Å²) in [5.74, 6) is -1.15. The number of hydrazine groups is 1. The second-order valence-electron chi connectivity index (χ2n) is 4.80. The molecule has 0 aliphatic rings. The van der Waals surface area contributed by atoms with Crippen molar-refractivity contribution in [3.05, 3.63) is 40.1 Å². The van der Waals surface area contributed by atoms with Crippen LogP contribution in [0, 0.1) is 5.82 Å². The predicted octanol–water partition coefficient (Wildman–Crippen LogP) is 3.51. The van der Waals surface area contributed by atoms with Crippen molar-refractivity contribution in [2.45, 2.75) is 20.3 Å². The van der Waals surface area contributed by atoms with Crippen molar-refractivity contribution in [2.24, 2.45) is 0 Å². The third-order valence-electron chi connectivity index (χ3n) is 2.90. The van der Waals surface area contributed by atoms with E-state index in [-0.39, 0.29) is 10.9 Å². The van der Waals surface area contributed by atoms with Crippen LogP contribution in [-0.2, 0) is 4.79 Å². The quantitative estimate of drug-likeness (QED) is 0.854. The average molecular weight is 356 g/mol. The van der Waals surface area contributed by atoms with Crippen molar-refractivity contribution in [2.75, 3.05) is 6.54 Å². The summed E-state index contributed by atoms with van der Waals surface area (Å²) in [7, 11) is 0. The fraction of sp³-hybridized carbons (Fsp3) is 0.267. The lowest BCUT2D eigenvalue weighted by Crippen LogP contribution is -2.45. The Balaban J connectivity index is 2.18. The van der Waals surface area contributed by atoms with Gasteiger partial charge in [0.1, 0.15) is 15.7 Å². The molecule has 2 rings (SSSR count). The van der Waals surface area contributed by atoms with Gasteiger partial charge in [0.25, 0.3) is 5.91 Å². The molecule has 0 aliphatic heterocycles. The molecule has 0 spiro atoms. The van der Waals surface area contributed by atoms with Crippen LogP contribution in [0.4, 0.5) is 4.39 Å².